The van der Waals surface area contributed by atoms with Crippen molar-refractivity contribution in [2.24, 2.45) is 0 Å². The molecule has 7 nitrogen and oxygen atoms in total. The second kappa shape index (κ2) is 6.09. The summed E-state index contributed by atoms with van der Waals surface area (Å²) in [5, 5.41) is 18.4. The second-order valence-electron chi connectivity index (χ2n) is 4.35. The number of piperazine rings is 1. The fourth-order valence-electron chi connectivity index (χ4n) is 2.14. The third-order valence-electron chi connectivity index (χ3n) is 3.11. The van der Waals surface area contributed by atoms with Crippen molar-refractivity contribution in [2.75, 3.05) is 26.7 Å². The molecule has 0 radical (unpaired) electrons. The highest BCUT2D eigenvalue weighted by Crippen LogP contribution is 2.24. The lowest BCUT2D eigenvalue weighted by molar-refractivity contribution is -0.380. The molecule has 0 aromatic carbocycles. The predicted molar refractivity (Wildman–Crippen MR) is 72.1 cm³/mol. The van der Waals surface area contributed by atoms with Crippen LogP contribution >= 0.6 is 11.3 Å². The molecule has 8 heteroatoms. The van der Waals surface area contributed by atoms with E-state index in [2.05, 4.69) is 10.6 Å². The van der Waals surface area contributed by atoms with Crippen molar-refractivity contribution < 1.29 is 9.72 Å². The maximum absolute atomic E-state index is 11.8. The Kier molecular flexibility index (Phi) is 4.46. The summed E-state index contributed by atoms with van der Waals surface area (Å²) in [6.07, 6.45) is 0. The van der Waals surface area contributed by atoms with Gasteiger partial charge in [-0.25, -0.2) is 0 Å². The van der Waals surface area contributed by atoms with Gasteiger partial charge in [-0.3, -0.25) is 19.8 Å². The lowest BCUT2D eigenvalue weighted by atomic mass is 10.1. The molecule has 2 heterocycles. The van der Waals surface area contributed by atoms with Crippen LogP contribution in [0.3, 0.4) is 0 Å². The number of nitrogens with zero attached hydrogens (tertiary/aromatic N) is 2. The molecule has 1 saturated heterocycles. The van der Waals surface area contributed by atoms with Crippen molar-refractivity contribution in [3.63, 3.8) is 0 Å². The smallest absolute Gasteiger partial charge is 0.324 e. The van der Waals surface area contributed by atoms with E-state index in [-0.39, 0.29) is 21.9 Å². The van der Waals surface area contributed by atoms with Crippen LogP contribution < -0.4 is 10.6 Å². The molecule has 1 aromatic heterocycles. The third kappa shape index (κ3) is 3.28. The van der Waals surface area contributed by atoms with Crippen LogP contribution in [0.15, 0.2) is 11.4 Å². The Hall–Kier alpha value is -1.51. The van der Waals surface area contributed by atoms with Gasteiger partial charge in [0, 0.05) is 44.7 Å². The first-order valence-electron chi connectivity index (χ1n) is 6.00. The van der Waals surface area contributed by atoms with Crippen molar-refractivity contribution >= 4 is 22.2 Å². The molecule has 0 spiro atoms. The van der Waals surface area contributed by atoms with E-state index < -0.39 is 0 Å². The van der Waals surface area contributed by atoms with E-state index in [9.17, 15) is 14.9 Å². The summed E-state index contributed by atoms with van der Waals surface area (Å²) in [6, 6.07) is 1.35. The molecule has 0 saturated carbocycles. The van der Waals surface area contributed by atoms with Gasteiger partial charge in [-0.1, -0.05) is 11.3 Å². The zero-order valence-electron chi connectivity index (χ0n) is 10.6. The summed E-state index contributed by atoms with van der Waals surface area (Å²) in [6.45, 7) is 2.73. The Morgan fingerprint density at radius 2 is 2.53 bits per heavy atom. The van der Waals surface area contributed by atoms with E-state index in [0.717, 1.165) is 30.0 Å². The van der Waals surface area contributed by atoms with Crippen LogP contribution in [-0.2, 0) is 11.3 Å². The molecule has 1 aromatic rings. The Balaban J connectivity index is 2.06. The first kappa shape index (κ1) is 13.9. The van der Waals surface area contributed by atoms with Gasteiger partial charge >= 0.3 is 5.00 Å². The standard InChI is InChI=1S/C11H16N4O3S/c1-12-11(16)9-5-13-2-3-14(9)6-8-4-10(15(17)18)19-7-8/h4,7,9,13H,2-3,5-6H2,1H3,(H,12,16). The average molecular weight is 284 g/mol. The molecule has 2 N–H and O–H groups in total. The Labute approximate surface area is 114 Å². The van der Waals surface area contributed by atoms with Crippen LogP contribution in [0.2, 0.25) is 0 Å². The number of carbonyl (C=O) groups is 1. The predicted octanol–water partition coefficient (Wildman–Crippen LogP) is 0.176. The van der Waals surface area contributed by atoms with Crippen molar-refractivity contribution in [1.82, 2.24) is 15.5 Å². The lowest BCUT2D eigenvalue weighted by Gasteiger charge is -2.34. The quantitative estimate of drug-likeness (QED) is 0.608. The number of amides is 1. The van der Waals surface area contributed by atoms with E-state index in [0.29, 0.717) is 13.1 Å². The van der Waals surface area contributed by atoms with E-state index in [1.165, 1.54) is 0 Å². The zero-order valence-corrected chi connectivity index (χ0v) is 11.4. The molecule has 104 valence electrons. The maximum atomic E-state index is 11.8. The molecule has 0 aliphatic carbocycles. The van der Waals surface area contributed by atoms with Gasteiger partial charge in [0.1, 0.15) is 6.04 Å². The average Bonchev–Trinajstić information content (AvgIpc) is 2.87. The SMILES string of the molecule is CNC(=O)C1CNCCN1Cc1csc([N+](=O)[O-])c1. The van der Waals surface area contributed by atoms with Crippen molar-refractivity contribution in [3.8, 4) is 0 Å². The number of nitro groups is 1. The molecular weight excluding hydrogens is 268 g/mol. The Morgan fingerprint density at radius 3 is 3.16 bits per heavy atom. The van der Waals surface area contributed by atoms with Crippen LogP contribution in [0.4, 0.5) is 5.00 Å². The summed E-state index contributed by atoms with van der Waals surface area (Å²) >= 11 is 1.12. The van der Waals surface area contributed by atoms with Gasteiger partial charge in [0.05, 0.1) is 4.92 Å². The van der Waals surface area contributed by atoms with Gasteiger partial charge in [0.2, 0.25) is 5.91 Å². The lowest BCUT2D eigenvalue weighted by Crippen LogP contribution is -2.56. The van der Waals surface area contributed by atoms with Crippen molar-refractivity contribution in [1.29, 1.82) is 0 Å². The summed E-state index contributed by atoms with van der Waals surface area (Å²) in [7, 11) is 1.62. The number of carbonyl (C=O) groups excluding carboxylic acids is 1. The highest BCUT2D eigenvalue weighted by molar-refractivity contribution is 7.13. The van der Waals surface area contributed by atoms with E-state index in [4.69, 9.17) is 0 Å². The van der Waals surface area contributed by atoms with Crippen LogP contribution in [0, 0.1) is 10.1 Å². The van der Waals surface area contributed by atoms with Crippen molar-refractivity contribution in [3.05, 3.63) is 27.1 Å². The molecule has 0 bridgehead atoms. The molecule has 1 fully saturated rings. The number of hydrogen-bond donors (Lipinski definition) is 2. The van der Waals surface area contributed by atoms with Gasteiger partial charge < -0.3 is 10.6 Å². The minimum absolute atomic E-state index is 0.0306. The molecule has 1 atom stereocenters. The highest BCUT2D eigenvalue weighted by Gasteiger charge is 2.28. The zero-order chi connectivity index (χ0) is 13.8. The topological polar surface area (TPSA) is 87.5 Å². The normalized spacial score (nSPS) is 20.2. The first-order valence-corrected chi connectivity index (χ1v) is 6.88. The van der Waals surface area contributed by atoms with Gasteiger partial charge in [0.25, 0.3) is 0 Å². The molecule has 1 aliphatic heterocycles. The maximum Gasteiger partial charge on any atom is 0.324 e. The van der Waals surface area contributed by atoms with Gasteiger partial charge in [-0.2, -0.15) is 0 Å². The summed E-state index contributed by atoms with van der Waals surface area (Å²) in [5.74, 6) is -0.0306. The Morgan fingerprint density at radius 1 is 1.74 bits per heavy atom. The van der Waals surface area contributed by atoms with Crippen LogP contribution in [0.1, 0.15) is 5.56 Å². The molecule has 1 amide bonds. The number of nitrogens with one attached hydrogen (secondary N) is 2. The highest BCUT2D eigenvalue weighted by atomic mass is 32.1. The summed E-state index contributed by atoms with van der Waals surface area (Å²) in [4.78, 5) is 24.1. The van der Waals surface area contributed by atoms with Gasteiger partial charge in [-0.05, 0) is 5.56 Å². The van der Waals surface area contributed by atoms with E-state index in [1.807, 2.05) is 4.90 Å². The number of thiophene rings is 1. The molecular formula is C11H16N4O3S. The van der Waals surface area contributed by atoms with Crippen LogP contribution in [0.25, 0.3) is 0 Å². The monoisotopic (exact) mass is 284 g/mol. The third-order valence-corrected chi connectivity index (χ3v) is 4.04. The minimum Gasteiger partial charge on any atom is -0.358 e. The van der Waals surface area contributed by atoms with Crippen LogP contribution in [-0.4, -0.2) is 48.5 Å². The largest absolute Gasteiger partial charge is 0.358 e. The number of hydrogen-bond acceptors (Lipinski definition) is 6. The van der Waals surface area contributed by atoms with E-state index >= 15 is 0 Å². The van der Waals surface area contributed by atoms with Crippen LogP contribution in [0.5, 0.6) is 0 Å². The molecule has 19 heavy (non-hydrogen) atoms. The minimum atomic E-state index is -0.387. The number of rotatable bonds is 4. The second-order valence-corrected chi connectivity index (χ2v) is 5.24. The summed E-state index contributed by atoms with van der Waals surface area (Å²) < 4.78 is 0. The fraction of sp³-hybridized carbons (Fsp3) is 0.545. The van der Waals surface area contributed by atoms with E-state index in [1.54, 1.807) is 18.5 Å². The van der Waals surface area contributed by atoms with Gasteiger partial charge in [0.15, 0.2) is 0 Å². The molecule has 1 aliphatic rings. The van der Waals surface area contributed by atoms with Gasteiger partial charge in [-0.15, -0.1) is 0 Å². The fourth-order valence-corrected chi connectivity index (χ4v) is 2.86. The number of likely N-dealkylation sites (N-methyl/N-ethyl adjacent to an activating group) is 1. The van der Waals surface area contributed by atoms with Crippen molar-refractivity contribution in [2.45, 2.75) is 12.6 Å². The summed E-state index contributed by atoms with van der Waals surface area (Å²) in [5.41, 5.74) is 0.882. The Bertz CT molecular complexity index is 476. The molecule has 1 unspecified atom stereocenters. The molecule has 2 rings (SSSR count). The first-order chi connectivity index (χ1) is 9.11.